The predicted octanol–water partition coefficient (Wildman–Crippen LogP) is 2.60. The van der Waals surface area contributed by atoms with Crippen molar-refractivity contribution in [2.45, 2.75) is 31.8 Å². The largest absolute Gasteiger partial charge is 0.393 e. The first kappa shape index (κ1) is 17.1. The van der Waals surface area contributed by atoms with Crippen molar-refractivity contribution >= 4 is 40.7 Å². The Bertz CT molecular complexity index is 566. The van der Waals surface area contributed by atoms with Crippen molar-refractivity contribution in [2.24, 2.45) is 5.92 Å². The third-order valence-corrected chi connectivity index (χ3v) is 4.62. The third-order valence-electron chi connectivity index (χ3n) is 3.80. The Morgan fingerprint density at radius 2 is 1.91 bits per heavy atom. The molecule has 1 saturated carbocycles. The lowest BCUT2D eigenvalue weighted by atomic mass is 9.86. The van der Waals surface area contributed by atoms with Crippen LogP contribution in [0.1, 0.15) is 25.7 Å². The zero-order chi connectivity index (χ0) is 16.1. The summed E-state index contributed by atoms with van der Waals surface area (Å²) in [6.45, 7) is 0.288. The van der Waals surface area contributed by atoms with E-state index in [2.05, 4.69) is 10.6 Å². The number of carbonyl (C=O) groups excluding carboxylic acids is 2. The van der Waals surface area contributed by atoms with E-state index in [1.807, 2.05) is 0 Å². The summed E-state index contributed by atoms with van der Waals surface area (Å²) in [5.74, 6) is -1.57. The first-order valence-electron chi connectivity index (χ1n) is 7.20. The summed E-state index contributed by atoms with van der Waals surface area (Å²) in [5.41, 5.74) is 0.284. The fourth-order valence-electron chi connectivity index (χ4n) is 2.51. The molecule has 0 radical (unpaired) electrons. The quantitative estimate of drug-likeness (QED) is 0.737. The molecule has 1 fully saturated rings. The maximum atomic E-state index is 11.8. The predicted molar refractivity (Wildman–Crippen MR) is 86.1 cm³/mol. The van der Waals surface area contributed by atoms with E-state index in [0.29, 0.717) is 5.02 Å². The third kappa shape index (κ3) is 4.35. The van der Waals surface area contributed by atoms with E-state index in [-0.39, 0.29) is 23.2 Å². The van der Waals surface area contributed by atoms with E-state index in [1.54, 1.807) is 18.2 Å². The molecule has 2 amide bonds. The van der Waals surface area contributed by atoms with Crippen LogP contribution in [-0.4, -0.2) is 29.6 Å². The molecule has 0 unspecified atom stereocenters. The summed E-state index contributed by atoms with van der Waals surface area (Å²) < 4.78 is 0. The van der Waals surface area contributed by atoms with E-state index in [4.69, 9.17) is 23.2 Å². The molecule has 1 aromatic carbocycles. The maximum absolute atomic E-state index is 11.8. The SMILES string of the molecule is O=C(NC[C@@H]1CCCC[C@H]1O)C(=O)Nc1cccc(Cl)c1Cl. The van der Waals surface area contributed by atoms with Gasteiger partial charge in [0.25, 0.3) is 0 Å². The van der Waals surface area contributed by atoms with Gasteiger partial charge >= 0.3 is 11.8 Å². The minimum atomic E-state index is -0.811. The second-order valence-corrected chi connectivity index (χ2v) is 6.16. The van der Waals surface area contributed by atoms with Crippen LogP contribution in [0.5, 0.6) is 0 Å². The number of aliphatic hydroxyl groups excluding tert-OH is 1. The lowest BCUT2D eigenvalue weighted by Gasteiger charge is -2.27. The zero-order valence-electron chi connectivity index (χ0n) is 11.9. The van der Waals surface area contributed by atoms with Crippen molar-refractivity contribution < 1.29 is 14.7 Å². The molecule has 3 N–H and O–H groups in total. The molecule has 120 valence electrons. The zero-order valence-corrected chi connectivity index (χ0v) is 13.5. The average molecular weight is 345 g/mol. The summed E-state index contributed by atoms with van der Waals surface area (Å²) in [6.07, 6.45) is 3.20. The number of anilines is 1. The minimum Gasteiger partial charge on any atom is -0.393 e. The number of hydrogen-bond acceptors (Lipinski definition) is 3. The van der Waals surface area contributed by atoms with Crippen LogP contribution in [-0.2, 0) is 9.59 Å². The van der Waals surface area contributed by atoms with Crippen molar-refractivity contribution in [3.05, 3.63) is 28.2 Å². The second-order valence-electron chi connectivity index (χ2n) is 5.38. The summed E-state index contributed by atoms with van der Waals surface area (Å²) in [5, 5.41) is 15.3. The number of amides is 2. The van der Waals surface area contributed by atoms with Crippen LogP contribution < -0.4 is 10.6 Å². The topological polar surface area (TPSA) is 78.4 Å². The van der Waals surface area contributed by atoms with Crippen LogP contribution in [0.2, 0.25) is 10.0 Å². The van der Waals surface area contributed by atoms with Crippen LogP contribution >= 0.6 is 23.2 Å². The minimum absolute atomic E-state index is 0.000239. The van der Waals surface area contributed by atoms with Crippen LogP contribution in [0.3, 0.4) is 0 Å². The molecule has 1 aromatic rings. The van der Waals surface area contributed by atoms with Crippen LogP contribution in [0.15, 0.2) is 18.2 Å². The van der Waals surface area contributed by atoms with Crippen LogP contribution in [0.25, 0.3) is 0 Å². The Morgan fingerprint density at radius 1 is 1.18 bits per heavy atom. The standard InChI is InChI=1S/C15H18Cl2N2O3/c16-10-5-3-6-11(13(10)17)19-15(22)14(21)18-8-9-4-1-2-7-12(9)20/h3,5-6,9,12,20H,1-2,4,7-8H2,(H,18,21)(H,19,22)/t9-,12+/m0/s1. The van der Waals surface area contributed by atoms with Gasteiger partial charge in [0.15, 0.2) is 0 Å². The molecule has 2 atom stereocenters. The lowest BCUT2D eigenvalue weighted by molar-refractivity contribution is -0.136. The highest BCUT2D eigenvalue weighted by Crippen LogP contribution is 2.29. The second kappa shape index (κ2) is 7.81. The molecule has 1 aliphatic rings. The van der Waals surface area contributed by atoms with Gasteiger partial charge in [0.2, 0.25) is 0 Å². The van der Waals surface area contributed by atoms with Crippen LogP contribution in [0.4, 0.5) is 5.69 Å². The summed E-state index contributed by atoms with van der Waals surface area (Å²) in [4.78, 5) is 23.7. The molecular weight excluding hydrogens is 327 g/mol. The molecule has 22 heavy (non-hydrogen) atoms. The van der Waals surface area contributed by atoms with Gasteiger partial charge in [-0.1, -0.05) is 42.1 Å². The normalized spacial score (nSPS) is 21.2. The van der Waals surface area contributed by atoms with E-state index in [9.17, 15) is 14.7 Å². The van der Waals surface area contributed by atoms with Crippen molar-refractivity contribution in [3.63, 3.8) is 0 Å². The van der Waals surface area contributed by atoms with Gasteiger partial charge in [0.05, 0.1) is 21.8 Å². The molecule has 5 nitrogen and oxygen atoms in total. The molecule has 0 saturated heterocycles. The van der Waals surface area contributed by atoms with E-state index < -0.39 is 17.9 Å². The number of aliphatic hydroxyl groups is 1. The number of benzene rings is 1. The number of halogens is 2. The van der Waals surface area contributed by atoms with Gasteiger partial charge in [-0.25, -0.2) is 0 Å². The van der Waals surface area contributed by atoms with Gasteiger partial charge in [-0.15, -0.1) is 0 Å². The van der Waals surface area contributed by atoms with Gasteiger partial charge < -0.3 is 15.7 Å². The smallest absolute Gasteiger partial charge is 0.313 e. The summed E-state index contributed by atoms with van der Waals surface area (Å²) in [7, 11) is 0. The number of carbonyl (C=O) groups is 2. The fourth-order valence-corrected chi connectivity index (χ4v) is 2.86. The molecule has 7 heteroatoms. The number of rotatable bonds is 3. The maximum Gasteiger partial charge on any atom is 0.313 e. The summed E-state index contributed by atoms with van der Waals surface area (Å²) >= 11 is 11.8. The van der Waals surface area contributed by atoms with E-state index in [0.717, 1.165) is 25.7 Å². The molecule has 0 bridgehead atoms. The Hall–Kier alpha value is -1.30. The highest BCUT2D eigenvalue weighted by molar-refractivity contribution is 6.45. The lowest BCUT2D eigenvalue weighted by Crippen LogP contribution is -2.41. The van der Waals surface area contributed by atoms with Gasteiger partial charge in [-0.3, -0.25) is 9.59 Å². The Kier molecular flexibility index (Phi) is 6.06. The molecule has 0 heterocycles. The number of hydrogen-bond donors (Lipinski definition) is 3. The Balaban J connectivity index is 1.87. The van der Waals surface area contributed by atoms with Gasteiger partial charge in [0, 0.05) is 12.5 Å². The molecule has 1 aliphatic carbocycles. The molecule has 2 rings (SSSR count). The first-order valence-corrected chi connectivity index (χ1v) is 7.96. The van der Waals surface area contributed by atoms with Gasteiger partial charge in [-0.05, 0) is 25.0 Å². The first-order chi connectivity index (χ1) is 10.5. The van der Waals surface area contributed by atoms with Crippen molar-refractivity contribution in [2.75, 3.05) is 11.9 Å². The van der Waals surface area contributed by atoms with Crippen molar-refractivity contribution in [3.8, 4) is 0 Å². The van der Waals surface area contributed by atoms with Crippen molar-refractivity contribution in [1.29, 1.82) is 0 Å². The van der Waals surface area contributed by atoms with E-state index >= 15 is 0 Å². The Labute approximate surface area is 139 Å². The fraction of sp³-hybridized carbons (Fsp3) is 0.467. The molecule has 0 aliphatic heterocycles. The summed E-state index contributed by atoms with van der Waals surface area (Å²) in [6, 6.07) is 4.77. The Morgan fingerprint density at radius 3 is 2.64 bits per heavy atom. The highest BCUT2D eigenvalue weighted by atomic mass is 35.5. The van der Waals surface area contributed by atoms with Crippen LogP contribution in [0, 0.1) is 5.92 Å². The monoisotopic (exact) mass is 344 g/mol. The number of nitrogens with one attached hydrogen (secondary N) is 2. The molecule has 0 aromatic heterocycles. The molecule has 0 spiro atoms. The molecular formula is C15H18Cl2N2O3. The highest BCUT2D eigenvalue weighted by Gasteiger charge is 2.24. The van der Waals surface area contributed by atoms with E-state index in [1.165, 1.54) is 0 Å². The average Bonchev–Trinajstić information content (AvgIpc) is 2.50. The van der Waals surface area contributed by atoms with Gasteiger partial charge in [0.1, 0.15) is 0 Å². The van der Waals surface area contributed by atoms with Gasteiger partial charge in [-0.2, -0.15) is 0 Å². The van der Waals surface area contributed by atoms with Crippen molar-refractivity contribution in [1.82, 2.24) is 5.32 Å².